The maximum Gasteiger partial charge on any atom is 0.303 e. The van der Waals surface area contributed by atoms with Gasteiger partial charge in [0.25, 0.3) is 0 Å². The molecule has 0 radical (unpaired) electrons. The summed E-state index contributed by atoms with van der Waals surface area (Å²) in [6.45, 7) is 4.73. The fourth-order valence-corrected chi connectivity index (χ4v) is 2.64. The Balaban J connectivity index is 1.76. The molecule has 0 spiro atoms. The van der Waals surface area contributed by atoms with Gasteiger partial charge in [0.2, 0.25) is 0 Å². The molecule has 2 atom stereocenters. The highest BCUT2D eigenvalue weighted by atomic mass is 16.5. The Kier molecular flexibility index (Phi) is 3.73. The van der Waals surface area contributed by atoms with Gasteiger partial charge in [0.1, 0.15) is 0 Å². The molecule has 2 unspecified atom stereocenters. The third kappa shape index (κ3) is 3.68. The van der Waals surface area contributed by atoms with E-state index in [9.17, 15) is 4.79 Å². The first-order valence-electron chi connectivity index (χ1n) is 6.48. The van der Waals surface area contributed by atoms with E-state index in [2.05, 4.69) is 13.8 Å². The molecule has 98 valence electrons. The lowest BCUT2D eigenvalue weighted by Crippen LogP contribution is -2.35. The average Bonchev–Trinajstić information content (AvgIpc) is 2.93. The molecule has 4 heteroatoms. The number of hydrogen-bond acceptors (Lipinski definition) is 3. The van der Waals surface area contributed by atoms with Crippen molar-refractivity contribution in [2.45, 2.75) is 64.3 Å². The Morgan fingerprint density at radius 3 is 2.41 bits per heavy atom. The molecule has 2 aliphatic rings. The average molecular weight is 242 g/mol. The van der Waals surface area contributed by atoms with Gasteiger partial charge >= 0.3 is 5.97 Å². The Bertz CT molecular complexity index is 275. The largest absolute Gasteiger partial charge is 0.481 e. The van der Waals surface area contributed by atoms with Crippen LogP contribution in [0.15, 0.2) is 0 Å². The van der Waals surface area contributed by atoms with Gasteiger partial charge in [0.15, 0.2) is 0 Å². The summed E-state index contributed by atoms with van der Waals surface area (Å²) in [6.07, 6.45) is 4.82. The van der Waals surface area contributed by atoms with Crippen LogP contribution in [0.3, 0.4) is 0 Å². The Morgan fingerprint density at radius 2 is 1.94 bits per heavy atom. The van der Waals surface area contributed by atoms with Crippen molar-refractivity contribution in [3.63, 3.8) is 0 Å². The fraction of sp³-hybridized carbons (Fsp3) is 0.923. The maximum atomic E-state index is 10.7. The van der Waals surface area contributed by atoms with E-state index in [4.69, 9.17) is 14.6 Å². The van der Waals surface area contributed by atoms with E-state index < -0.39 is 5.97 Å². The number of carbonyl (C=O) groups is 1. The standard InChI is InChI=1S/C13H22O4/c1-9-5-11(6-10(2)17-9)16-8-13(3-4-13)7-12(14)15/h9-11H,3-8H2,1-2H3,(H,14,15). The van der Waals surface area contributed by atoms with Crippen LogP contribution in [0.25, 0.3) is 0 Å². The van der Waals surface area contributed by atoms with Crippen LogP contribution in [0.4, 0.5) is 0 Å². The summed E-state index contributed by atoms with van der Waals surface area (Å²) in [5.74, 6) is -0.709. The summed E-state index contributed by atoms with van der Waals surface area (Å²) in [6, 6.07) is 0. The number of rotatable bonds is 5. The summed E-state index contributed by atoms with van der Waals surface area (Å²) in [4.78, 5) is 10.7. The van der Waals surface area contributed by atoms with Crippen LogP contribution in [0.5, 0.6) is 0 Å². The summed E-state index contributed by atoms with van der Waals surface area (Å²) < 4.78 is 11.6. The minimum atomic E-state index is -0.709. The van der Waals surface area contributed by atoms with E-state index in [1.54, 1.807) is 0 Å². The van der Waals surface area contributed by atoms with Crippen molar-refractivity contribution in [2.75, 3.05) is 6.61 Å². The predicted octanol–water partition coefficient (Wildman–Crippen LogP) is 2.21. The Morgan fingerprint density at radius 1 is 1.35 bits per heavy atom. The molecule has 2 rings (SSSR count). The molecule has 0 aromatic heterocycles. The van der Waals surface area contributed by atoms with Gasteiger partial charge in [-0.05, 0) is 39.5 Å². The zero-order chi connectivity index (χ0) is 12.5. The first-order valence-corrected chi connectivity index (χ1v) is 6.48. The van der Waals surface area contributed by atoms with Crippen molar-refractivity contribution in [1.82, 2.24) is 0 Å². The Labute approximate surface area is 102 Å². The van der Waals surface area contributed by atoms with Gasteiger partial charge < -0.3 is 14.6 Å². The summed E-state index contributed by atoms with van der Waals surface area (Å²) in [5, 5.41) is 8.83. The predicted molar refractivity (Wildman–Crippen MR) is 62.9 cm³/mol. The highest BCUT2D eigenvalue weighted by Gasteiger charge is 2.45. The van der Waals surface area contributed by atoms with Crippen LogP contribution >= 0.6 is 0 Å². The SMILES string of the molecule is CC1CC(OCC2(CC(=O)O)CC2)CC(C)O1. The molecule has 0 bridgehead atoms. The van der Waals surface area contributed by atoms with Gasteiger partial charge in [-0.1, -0.05) is 0 Å². The second kappa shape index (κ2) is 4.94. The minimum absolute atomic E-state index is 0.0589. The highest BCUT2D eigenvalue weighted by molar-refractivity contribution is 5.68. The number of aliphatic carboxylic acids is 1. The van der Waals surface area contributed by atoms with Crippen molar-refractivity contribution >= 4 is 5.97 Å². The zero-order valence-electron chi connectivity index (χ0n) is 10.6. The lowest BCUT2D eigenvalue weighted by molar-refractivity contribution is -0.141. The minimum Gasteiger partial charge on any atom is -0.481 e. The molecule has 0 amide bonds. The molecule has 0 aromatic carbocycles. The number of carboxylic acid groups (broad SMARTS) is 1. The van der Waals surface area contributed by atoms with E-state index in [1.165, 1.54) is 0 Å². The van der Waals surface area contributed by atoms with E-state index in [1.807, 2.05) is 0 Å². The Hall–Kier alpha value is -0.610. The van der Waals surface area contributed by atoms with Crippen molar-refractivity contribution in [1.29, 1.82) is 0 Å². The van der Waals surface area contributed by atoms with Crippen LogP contribution in [0.2, 0.25) is 0 Å². The van der Waals surface area contributed by atoms with E-state index in [-0.39, 0.29) is 30.1 Å². The van der Waals surface area contributed by atoms with Crippen molar-refractivity contribution < 1.29 is 19.4 Å². The molecule has 4 nitrogen and oxygen atoms in total. The molecule has 17 heavy (non-hydrogen) atoms. The van der Waals surface area contributed by atoms with Crippen molar-refractivity contribution in [2.24, 2.45) is 5.41 Å². The molecule has 1 saturated carbocycles. The molecular weight excluding hydrogens is 220 g/mol. The van der Waals surface area contributed by atoms with Crippen molar-refractivity contribution in [3.05, 3.63) is 0 Å². The van der Waals surface area contributed by atoms with Crippen molar-refractivity contribution in [3.8, 4) is 0 Å². The second-order valence-electron chi connectivity index (χ2n) is 5.73. The molecule has 1 aliphatic carbocycles. The highest BCUT2D eigenvalue weighted by Crippen LogP contribution is 2.49. The molecule has 1 heterocycles. The topological polar surface area (TPSA) is 55.8 Å². The van der Waals surface area contributed by atoms with Crippen LogP contribution in [0, 0.1) is 5.41 Å². The first-order chi connectivity index (χ1) is 7.99. The third-order valence-corrected chi connectivity index (χ3v) is 3.76. The quantitative estimate of drug-likeness (QED) is 0.803. The maximum absolute atomic E-state index is 10.7. The molecule has 1 saturated heterocycles. The van der Waals surface area contributed by atoms with Gasteiger partial charge in [-0.2, -0.15) is 0 Å². The second-order valence-corrected chi connectivity index (χ2v) is 5.73. The lowest BCUT2D eigenvalue weighted by Gasteiger charge is -2.32. The van der Waals surface area contributed by atoms with Gasteiger partial charge in [-0.15, -0.1) is 0 Å². The summed E-state index contributed by atoms with van der Waals surface area (Å²) in [7, 11) is 0. The van der Waals surface area contributed by atoms with E-state index in [0.717, 1.165) is 25.7 Å². The molecule has 1 N–H and O–H groups in total. The van der Waals surface area contributed by atoms with E-state index in [0.29, 0.717) is 6.61 Å². The first kappa shape index (κ1) is 12.8. The lowest BCUT2D eigenvalue weighted by atomic mass is 10.0. The molecule has 0 aromatic rings. The van der Waals surface area contributed by atoms with Crippen LogP contribution in [0.1, 0.15) is 46.0 Å². The fourth-order valence-electron chi connectivity index (χ4n) is 2.64. The number of hydrogen-bond donors (Lipinski definition) is 1. The zero-order valence-corrected chi connectivity index (χ0v) is 10.6. The van der Waals surface area contributed by atoms with Gasteiger partial charge in [-0.3, -0.25) is 4.79 Å². The molecule has 2 fully saturated rings. The smallest absolute Gasteiger partial charge is 0.303 e. The van der Waals surface area contributed by atoms with Crippen LogP contribution in [-0.2, 0) is 14.3 Å². The number of ether oxygens (including phenoxy) is 2. The summed E-state index contributed by atoms with van der Waals surface area (Å²) in [5.41, 5.74) is -0.0589. The van der Waals surface area contributed by atoms with Gasteiger partial charge in [-0.25, -0.2) is 0 Å². The molecule has 1 aliphatic heterocycles. The van der Waals surface area contributed by atoms with Crippen LogP contribution < -0.4 is 0 Å². The normalized spacial score (nSPS) is 35.5. The summed E-state index contributed by atoms with van der Waals surface area (Å²) >= 11 is 0. The van der Waals surface area contributed by atoms with Gasteiger partial charge in [0.05, 0.1) is 31.3 Å². The monoisotopic (exact) mass is 242 g/mol. The van der Waals surface area contributed by atoms with Crippen LogP contribution in [-0.4, -0.2) is 36.0 Å². The van der Waals surface area contributed by atoms with E-state index >= 15 is 0 Å². The number of carboxylic acids is 1. The third-order valence-electron chi connectivity index (χ3n) is 3.76. The molecular formula is C13H22O4. The van der Waals surface area contributed by atoms with Gasteiger partial charge in [0, 0.05) is 5.41 Å².